The van der Waals surface area contributed by atoms with Crippen molar-refractivity contribution in [1.29, 1.82) is 0 Å². The second-order valence-corrected chi connectivity index (χ2v) is 5.92. The maximum absolute atomic E-state index is 12.7. The van der Waals surface area contributed by atoms with Crippen LogP contribution in [0.3, 0.4) is 0 Å². The Kier molecular flexibility index (Phi) is 4.61. The van der Waals surface area contributed by atoms with Crippen molar-refractivity contribution in [2.24, 2.45) is 5.73 Å². The minimum absolute atomic E-state index is 0.0457. The third-order valence-corrected chi connectivity index (χ3v) is 4.41. The minimum atomic E-state index is -0.150. The van der Waals surface area contributed by atoms with Crippen LogP contribution in [0.25, 0.3) is 5.69 Å². The van der Waals surface area contributed by atoms with Gasteiger partial charge in [0.05, 0.1) is 16.7 Å². The second-order valence-electron chi connectivity index (χ2n) is 5.51. The first-order valence-corrected chi connectivity index (χ1v) is 7.70. The Hall–Kier alpha value is -1.96. The number of nitrogens with two attached hydrogens (primary N) is 1. The summed E-state index contributed by atoms with van der Waals surface area (Å²) in [6.07, 6.45) is 3.70. The molecule has 1 aromatic carbocycles. The van der Waals surface area contributed by atoms with E-state index in [4.69, 9.17) is 22.1 Å². The molecule has 23 heavy (non-hydrogen) atoms. The number of carbonyl (C=O) groups excluding carboxylic acids is 1. The number of rotatable bonds is 3. The summed E-state index contributed by atoms with van der Waals surface area (Å²) >= 11 is 6.30. The Labute approximate surface area is 139 Å². The summed E-state index contributed by atoms with van der Waals surface area (Å²) < 4.78 is 7.07. The summed E-state index contributed by atoms with van der Waals surface area (Å²) in [5.74, 6) is -0.112. The van der Waals surface area contributed by atoms with Crippen LogP contribution in [0.15, 0.2) is 30.9 Å². The summed E-state index contributed by atoms with van der Waals surface area (Å²) in [6.45, 7) is 1.07. The molecule has 0 radical (unpaired) electrons. The molecule has 0 bridgehead atoms. The lowest BCUT2D eigenvalue weighted by Gasteiger charge is -2.36. The smallest absolute Gasteiger partial charge is 0.255 e. The average Bonchev–Trinajstić information content (AvgIpc) is 3.09. The molecule has 1 aliphatic rings. The highest BCUT2D eigenvalue weighted by Crippen LogP contribution is 2.23. The predicted octanol–water partition coefficient (Wildman–Crippen LogP) is 1.11. The number of aromatic nitrogens is 3. The first kappa shape index (κ1) is 15.9. The van der Waals surface area contributed by atoms with Crippen molar-refractivity contribution in [3.63, 3.8) is 0 Å². The summed E-state index contributed by atoms with van der Waals surface area (Å²) in [4.78, 5) is 14.4. The number of ether oxygens (including phenoxy) is 1. The first-order valence-electron chi connectivity index (χ1n) is 7.32. The van der Waals surface area contributed by atoms with Gasteiger partial charge in [0.1, 0.15) is 12.7 Å². The highest BCUT2D eigenvalue weighted by atomic mass is 35.5. The Bertz CT molecular complexity index is 691. The Morgan fingerprint density at radius 2 is 2.13 bits per heavy atom. The molecule has 0 unspecified atom stereocenters. The van der Waals surface area contributed by atoms with Gasteiger partial charge in [-0.05, 0) is 24.6 Å². The van der Waals surface area contributed by atoms with E-state index in [1.54, 1.807) is 41.4 Å². The van der Waals surface area contributed by atoms with Crippen molar-refractivity contribution in [1.82, 2.24) is 19.7 Å². The zero-order valence-electron chi connectivity index (χ0n) is 12.7. The number of hydrogen-bond donors (Lipinski definition) is 1. The van der Waals surface area contributed by atoms with Gasteiger partial charge in [0.25, 0.3) is 5.91 Å². The zero-order chi connectivity index (χ0) is 16.4. The average molecular weight is 336 g/mol. The second kappa shape index (κ2) is 6.66. The van der Waals surface area contributed by atoms with Crippen LogP contribution >= 0.6 is 11.6 Å². The van der Waals surface area contributed by atoms with E-state index in [9.17, 15) is 4.79 Å². The van der Waals surface area contributed by atoms with Crippen LogP contribution in [0.5, 0.6) is 0 Å². The fourth-order valence-electron chi connectivity index (χ4n) is 2.71. The van der Waals surface area contributed by atoms with Crippen molar-refractivity contribution in [3.05, 3.63) is 41.4 Å². The van der Waals surface area contributed by atoms with Gasteiger partial charge in [-0.1, -0.05) is 11.6 Å². The van der Waals surface area contributed by atoms with Crippen molar-refractivity contribution in [2.75, 3.05) is 20.2 Å². The predicted molar refractivity (Wildman–Crippen MR) is 85.7 cm³/mol. The lowest BCUT2D eigenvalue weighted by molar-refractivity contribution is 0.0162. The standard InChI is InChI=1S/C15H18ClN5O2/c1-23-14-7-20(5-4-13(14)17)15(22)11-3-2-10(6-12(11)16)21-8-18-19-9-21/h2-3,6,8-9,13-14H,4-5,7,17H2,1H3/t13-,14+/m1/s1. The van der Waals surface area contributed by atoms with Gasteiger partial charge >= 0.3 is 0 Å². The molecule has 3 rings (SSSR count). The van der Waals surface area contributed by atoms with Crippen LogP contribution < -0.4 is 5.73 Å². The number of piperidine rings is 1. The van der Waals surface area contributed by atoms with Gasteiger partial charge in [0.2, 0.25) is 0 Å². The van der Waals surface area contributed by atoms with E-state index in [2.05, 4.69) is 10.2 Å². The summed E-state index contributed by atoms with van der Waals surface area (Å²) in [6, 6.07) is 5.21. The molecule has 1 amide bonds. The quantitative estimate of drug-likeness (QED) is 0.908. The molecule has 1 aromatic heterocycles. The number of methoxy groups -OCH3 is 1. The van der Waals surface area contributed by atoms with E-state index in [1.807, 2.05) is 6.07 Å². The molecule has 1 aliphatic heterocycles. The molecule has 0 spiro atoms. The Balaban J connectivity index is 1.80. The van der Waals surface area contributed by atoms with Crippen LogP contribution in [-0.2, 0) is 4.74 Å². The summed E-state index contributed by atoms with van der Waals surface area (Å²) in [7, 11) is 1.61. The number of halogens is 1. The van der Waals surface area contributed by atoms with Gasteiger partial charge in [0, 0.05) is 31.9 Å². The van der Waals surface area contributed by atoms with Crippen molar-refractivity contribution in [3.8, 4) is 5.69 Å². The maximum atomic E-state index is 12.7. The zero-order valence-corrected chi connectivity index (χ0v) is 13.5. The largest absolute Gasteiger partial charge is 0.378 e. The molecule has 2 atom stereocenters. The van der Waals surface area contributed by atoms with E-state index in [-0.39, 0.29) is 18.1 Å². The van der Waals surface area contributed by atoms with E-state index in [0.29, 0.717) is 30.1 Å². The molecule has 1 saturated heterocycles. The van der Waals surface area contributed by atoms with Crippen LogP contribution in [0, 0.1) is 0 Å². The lowest BCUT2D eigenvalue weighted by atomic mass is 10.0. The van der Waals surface area contributed by atoms with Gasteiger partial charge in [-0.25, -0.2) is 0 Å². The topological polar surface area (TPSA) is 86.3 Å². The number of benzene rings is 1. The first-order chi connectivity index (χ1) is 11.1. The van der Waals surface area contributed by atoms with E-state index >= 15 is 0 Å². The van der Waals surface area contributed by atoms with Gasteiger partial charge in [-0.3, -0.25) is 9.36 Å². The molecule has 7 nitrogen and oxygen atoms in total. The molecule has 0 saturated carbocycles. The van der Waals surface area contributed by atoms with Crippen LogP contribution in [0.4, 0.5) is 0 Å². The molecule has 1 fully saturated rings. The fourth-order valence-corrected chi connectivity index (χ4v) is 2.97. The Morgan fingerprint density at radius 1 is 1.39 bits per heavy atom. The van der Waals surface area contributed by atoms with Crippen molar-refractivity contribution < 1.29 is 9.53 Å². The fraction of sp³-hybridized carbons (Fsp3) is 0.400. The molecule has 0 aliphatic carbocycles. The minimum Gasteiger partial charge on any atom is -0.378 e. The number of hydrogen-bond acceptors (Lipinski definition) is 5. The normalized spacial score (nSPS) is 21.4. The molecule has 2 aromatic rings. The van der Waals surface area contributed by atoms with Crippen LogP contribution in [0.2, 0.25) is 5.02 Å². The highest BCUT2D eigenvalue weighted by Gasteiger charge is 2.30. The monoisotopic (exact) mass is 335 g/mol. The van der Waals surface area contributed by atoms with Crippen molar-refractivity contribution in [2.45, 2.75) is 18.6 Å². The van der Waals surface area contributed by atoms with E-state index in [0.717, 1.165) is 5.69 Å². The molecular formula is C15H18ClN5O2. The molecule has 8 heteroatoms. The molecular weight excluding hydrogens is 318 g/mol. The third kappa shape index (κ3) is 3.21. The summed E-state index contributed by atoms with van der Waals surface area (Å²) in [5.41, 5.74) is 7.26. The van der Waals surface area contributed by atoms with Gasteiger partial charge in [-0.2, -0.15) is 0 Å². The lowest BCUT2D eigenvalue weighted by Crippen LogP contribution is -2.53. The van der Waals surface area contributed by atoms with Gasteiger partial charge < -0.3 is 15.4 Å². The SMILES string of the molecule is CO[C@H]1CN(C(=O)c2ccc(-n3cnnc3)cc2Cl)CC[C@H]1N. The number of amides is 1. The Morgan fingerprint density at radius 3 is 2.78 bits per heavy atom. The molecule has 2 heterocycles. The summed E-state index contributed by atoms with van der Waals surface area (Å²) in [5, 5.41) is 7.90. The molecule has 2 N–H and O–H groups in total. The van der Waals surface area contributed by atoms with E-state index in [1.165, 1.54) is 0 Å². The molecule has 122 valence electrons. The maximum Gasteiger partial charge on any atom is 0.255 e. The van der Waals surface area contributed by atoms with E-state index < -0.39 is 0 Å². The third-order valence-electron chi connectivity index (χ3n) is 4.10. The van der Waals surface area contributed by atoms with Gasteiger partial charge in [-0.15, -0.1) is 10.2 Å². The van der Waals surface area contributed by atoms with Gasteiger partial charge in [0.15, 0.2) is 0 Å². The number of likely N-dealkylation sites (tertiary alicyclic amines) is 1. The van der Waals surface area contributed by atoms with Crippen molar-refractivity contribution >= 4 is 17.5 Å². The number of carbonyl (C=O) groups is 1. The highest BCUT2D eigenvalue weighted by molar-refractivity contribution is 6.34. The van der Waals surface area contributed by atoms with Crippen LogP contribution in [0.1, 0.15) is 16.8 Å². The van der Waals surface area contributed by atoms with Crippen LogP contribution in [-0.4, -0.2) is 57.9 Å². The number of nitrogens with zero attached hydrogens (tertiary/aromatic N) is 4.